The van der Waals surface area contributed by atoms with Gasteiger partial charge in [0.15, 0.2) is 0 Å². The molecule has 0 aliphatic carbocycles. The smallest absolute Gasteiger partial charge is 0.241 e. The van der Waals surface area contributed by atoms with E-state index < -0.39 is 10.0 Å². The van der Waals surface area contributed by atoms with Crippen molar-refractivity contribution in [1.82, 2.24) is 5.32 Å². The molecule has 0 fully saturated rings. The van der Waals surface area contributed by atoms with E-state index in [2.05, 4.69) is 5.32 Å². The number of hydrogen-bond donors (Lipinski definition) is 1. The van der Waals surface area contributed by atoms with E-state index in [0.717, 1.165) is 28.5 Å². The van der Waals surface area contributed by atoms with E-state index in [1.165, 1.54) is 4.31 Å². The molecule has 152 valence electrons. The van der Waals surface area contributed by atoms with E-state index in [9.17, 15) is 13.2 Å². The van der Waals surface area contributed by atoms with Crippen molar-refractivity contribution in [1.29, 1.82) is 0 Å². The first kappa shape index (κ1) is 21.8. The number of carbonyl (C=O) groups excluding carboxylic acids is 1. The van der Waals surface area contributed by atoms with Gasteiger partial charge in [0, 0.05) is 5.56 Å². The predicted molar refractivity (Wildman–Crippen MR) is 112 cm³/mol. The fraction of sp³-hybridized carbons (Fsp3) is 0.381. The van der Waals surface area contributed by atoms with Crippen LogP contribution in [0, 0.1) is 20.8 Å². The maximum atomic E-state index is 12.7. The van der Waals surface area contributed by atoms with E-state index in [1.807, 2.05) is 64.1 Å². The summed E-state index contributed by atoms with van der Waals surface area (Å²) in [6.45, 7) is 7.20. The van der Waals surface area contributed by atoms with Gasteiger partial charge < -0.3 is 10.1 Å². The lowest BCUT2D eigenvalue weighted by atomic mass is 10.0. The topological polar surface area (TPSA) is 75.7 Å². The van der Waals surface area contributed by atoms with Crippen LogP contribution in [0.5, 0.6) is 5.75 Å². The SMILES string of the molecule is COc1ccccc1[C@H](C)NC(=O)CN(c1c(C)cc(C)cc1C)S(C)(=O)=O. The van der Waals surface area contributed by atoms with E-state index in [4.69, 9.17) is 4.74 Å². The Morgan fingerprint density at radius 1 is 1.14 bits per heavy atom. The lowest BCUT2D eigenvalue weighted by Gasteiger charge is -2.27. The van der Waals surface area contributed by atoms with Gasteiger partial charge >= 0.3 is 0 Å². The summed E-state index contributed by atoms with van der Waals surface area (Å²) in [5.74, 6) is 0.281. The van der Waals surface area contributed by atoms with Gasteiger partial charge in [-0.05, 0) is 44.9 Å². The molecule has 2 aromatic carbocycles. The van der Waals surface area contributed by atoms with Gasteiger partial charge in [0.05, 0.1) is 25.1 Å². The second kappa shape index (κ2) is 8.65. The van der Waals surface area contributed by atoms with Crippen molar-refractivity contribution >= 4 is 21.6 Å². The number of benzene rings is 2. The van der Waals surface area contributed by atoms with Gasteiger partial charge in [-0.25, -0.2) is 8.42 Å². The van der Waals surface area contributed by atoms with Crippen LogP contribution in [0.15, 0.2) is 36.4 Å². The molecule has 0 bridgehead atoms. The molecule has 0 aromatic heterocycles. The number of nitrogens with one attached hydrogen (secondary N) is 1. The fourth-order valence-electron chi connectivity index (χ4n) is 3.45. The quantitative estimate of drug-likeness (QED) is 0.769. The molecule has 0 saturated carbocycles. The summed E-state index contributed by atoms with van der Waals surface area (Å²) in [6.07, 6.45) is 1.11. The first-order valence-corrected chi connectivity index (χ1v) is 10.9. The zero-order chi connectivity index (χ0) is 21.1. The number of carbonyl (C=O) groups is 1. The van der Waals surface area contributed by atoms with Crippen LogP contribution in [0.1, 0.15) is 35.2 Å². The highest BCUT2D eigenvalue weighted by Crippen LogP contribution is 2.28. The van der Waals surface area contributed by atoms with Crippen molar-refractivity contribution in [2.45, 2.75) is 33.7 Å². The number of sulfonamides is 1. The maximum Gasteiger partial charge on any atom is 0.241 e. The molecule has 0 aliphatic rings. The second-order valence-corrected chi connectivity index (χ2v) is 8.95. The molecule has 0 heterocycles. The number of hydrogen-bond acceptors (Lipinski definition) is 4. The summed E-state index contributed by atoms with van der Waals surface area (Å²) in [7, 11) is -2.07. The lowest BCUT2D eigenvalue weighted by molar-refractivity contribution is -0.120. The molecule has 6 nitrogen and oxygen atoms in total. The van der Waals surface area contributed by atoms with E-state index in [0.29, 0.717) is 11.4 Å². The van der Waals surface area contributed by atoms with Gasteiger partial charge in [-0.3, -0.25) is 9.10 Å². The summed E-state index contributed by atoms with van der Waals surface area (Å²) in [4.78, 5) is 12.7. The molecule has 0 saturated heterocycles. The molecule has 0 aliphatic heterocycles. The molecule has 1 amide bonds. The Morgan fingerprint density at radius 2 is 1.71 bits per heavy atom. The molecule has 28 heavy (non-hydrogen) atoms. The highest BCUT2D eigenvalue weighted by Gasteiger charge is 2.25. The third-order valence-electron chi connectivity index (χ3n) is 4.56. The average molecular weight is 405 g/mol. The molecule has 2 rings (SSSR count). The van der Waals surface area contributed by atoms with Crippen molar-refractivity contribution in [2.24, 2.45) is 0 Å². The van der Waals surface area contributed by atoms with Gasteiger partial charge in [0.2, 0.25) is 15.9 Å². The van der Waals surface area contributed by atoms with E-state index >= 15 is 0 Å². The molecular formula is C21H28N2O4S. The van der Waals surface area contributed by atoms with Crippen molar-refractivity contribution in [3.05, 3.63) is 58.7 Å². The number of aryl methyl sites for hydroxylation is 3. The second-order valence-electron chi connectivity index (χ2n) is 7.05. The summed E-state index contributed by atoms with van der Waals surface area (Å²) in [5.41, 5.74) is 4.04. The number of rotatable bonds is 7. The van der Waals surface area contributed by atoms with Crippen LogP contribution in [-0.4, -0.2) is 34.2 Å². The van der Waals surface area contributed by atoms with Gasteiger partial charge in [0.25, 0.3) is 0 Å². The Balaban J connectivity index is 2.28. The largest absolute Gasteiger partial charge is 0.496 e. The van der Waals surface area contributed by atoms with Crippen molar-refractivity contribution < 1.29 is 17.9 Å². The molecular weight excluding hydrogens is 376 g/mol. The average Bonchev–Trinajstić information content (AvgIpc) is 2.59. The molecule has 0 unspecified atom stereocenters. The monoisotopic (exact) mass is 404 g/mol. The molecule has 0 spiro atoms. The minimum absolute atomic E-state index is 0.289. The van der Waals surface area contributed by atoms with Crippen LogP contribution >= 0.6 is 0 Å². The van der Waals surface area contributed by atoms with E-state index in [-0.39, 0.29) is 18.5 Å². The van der Waals surface area contributed by atoms with Crippen molar-refractivity contribution in [2.75, 3.05) is 24.2 Å². The third-order valence-corrected chi connectivity index (χ3v) is 5.67. The summed E-state index contributed by atoms with van der Waals surface area (Å²) < 4.78 is 31.4. The van der Waals surface area contributed by atoms with Crippen molar-refractivity contribution in [3.63, 3.8) is 0 Å². The van der Waals surface area contributed by atoms with Crippen molar-refractivity contribution in [3.8, 4) is 5.75 Å². The van der Waals surface area contributed by atoms with Crippen LogP contribution in [0.25, 0.3) is 0 Å². The van der Waals surface area contributed by atoms with Crippen LogP contribution in [0.3, 0.4) is 0 Å². The highest BCUT2D eigenvalue weighted by molar-refractivity contribution is 7.92. The molecule has 2 aromatic rings. The Hall–Kier alpha value is -2.54. The zero-order valence-corrected chi connectivity index (χ0v) is 18.1. The highest BCUT2D eigenvalue weighted by atomic mass is 32.2. The number of methoxy groups -OCH3 is 1. The van der Waals surface area contributed by atoms with E-state index in [1.54, 1.807) is 7.11 Å². The maximum absolute atomic E-state index is 12.7. The fourth-order valence-corrected chi connectivity index (χ4v) is 4.42. The summed E-state index contributed by atoms with van der Waals surface area (Å²) >= 11 is 0. The first-order chi connectivity index (χ1) is 13.0. The normalized spacial score (nSPS) is 12.4. The number of para-hydroxylation sites is 1. The number of ether oxygens (including phenoxy) is 1. The Labute approximate surface area is 167 Å². The van der Waals surface area contributed by atoms with Crippen LogP contribution in [-0.2, 0) is 14.8 Å². The third kappa shape index (κ3) is 5.04. The van der Waals surface area contributed by atoms with Crippen LogP contribution in [0.4, 0.5) is 5.69 Å². The minimum atomic E-state index is -3.64. The molecule has 1 atom stereocenters. The summed E-state index contributed by atoms with van der Waals surface area (Å²) in [6, 6.07) is 10.9. The molecule has 0 radical (unpaired) electrons. The van der Waals surface area contributed by atoms with Gasteiger partial charge in [-0.15, -0.1) is 0 Å². The van der Waals surface area contributed by atoms with Gasteiger partial charge in [0.1, 0.15) is 12.3 Å². The van der Waals surface area contributed by atoms with Gasteiger partial charge in [-0.2, -0.15) is 0 Å². The first-order valence-electron chi connectivity index (χ1n) is 9.02. The predicted octanol–water partition coefficient (Wildman–Crippen LogP) is 3.26. The molecule has 7 heteroatoms. The summed E-state index contributed by atoms with van der Waals surface area (Å²) in [5, 5.41) is 2.87. The lowest BCUT2D eigenvalue weighted by Crippen LogP contribution is -2.41. The number of anilines is 1. The number of amides is 1. The Bertz CT molecular complexity index is 947. The standard InChI is InChI=1S/C21H28N2O4S/c1-14-11-15(2)21(16(3)12-14)23(28(6,25)26)13-20(24)22-17(4)18-9-7-8-10-19(18)27-5/h7-12,17H,13H2,1-6H3,(H,22,24)/t17-/m0/s1. The Morgan fingerprint density at radius 3 is 2.25 bits per heavy atom. The van der Waals surface area contributed by atoms with Crippen LogP contribution in [0.2, 0.25) is 0 Å². The Kier molecular flexibility index (Phi) is 6.72. The minimum Gasteiger partial charge on any atom is -0.496 e. The van der Waals surface area contributed by atoms with Crippen LogP contribution < -0.4 is 14.4 Å². The van der Waals surface area contributed by atoms with Gasteiger partial charge in [-0.1, -0.05) is 35.9 Å². The zero-order valence-electron chi connectivity index (χ0n) is 17.2. The number of nitrogens with zero attached hydrogens (tertiary/aromatic N) is 1. The molecule has 1 N–H and O–H groups in total.